The SMILES string of the molecule is C[C@@](O)(CNC(=O)C(=O)NC[C@@H]1CCCO1)c1cccs1. The molecule has 2 atom stereocenters. The smallest absolute Gasteiger partial charge is 0.309 e. The predicted molar refractivity (Wildman–Crippen MR) is 78.9 cm³/mol. The standard InChI is InChI=1S/C14H20N2O4S/c1-14(19,11-5-3-7-21-11)9-16-13(18)12(17)15-8-10-4-2-6-20-10/h3,5,7,10,19H,2,4,6,8-9H2,1H3,(H,15,17)(H,16,18)/t10-,14+/m0/s1. The maximum atomic E-state index is 11.7. The molecule has 116 valence electrons. The highest BCUT2D eigenvalue weighted by molar-refractivity contribution is 7.10. The highest BCUT2D eigenvalue weighted by Gasteiger charge is 2.26. The molecule has 0 aromatic carbocycles. The van der Waals surface area contributed by atoms with Crippen LogP contribution in [-0.2, 0) is 19.9 Å². The van der Waals surface area contributed by atoms with Crippen LogP contribution >= 0.6 is 11.3 Å². The van der Waals surface area contributed by atoms with E-state index in [0.29, 0.717) is 13.2 Å². The Balaban J connectivity index is 1.74. The molecule has 1 fully saturated rings. The van der Waals surface area contributed by atoms with Gasteiger partial charge in [0.15, 0.2) is 0 Å². The average molecular weight is 312 g/mol. The third-order valence-corrected chi connectivity index (χ3v) is 4.49. The van der Waals surface area contributed by atoms with Gasteiger partial charge in [0.25, 0.3) is 0 Å². The number of aliphatic hydroxyl groups is 1. The molecule has 0 spiro atoms. The first-order valence-corrected chi connectivity index (χ1v) is 7.81. The molecule has 1 saturated heterocycles. The maximum absolute atomic E-state index is 11.7. The topological polar surface area (TPSA) is 87.7 Å². The van der Waals surface area contributed by atoms with Gasteiger partial charge < -0.3 is 20.5 Å². The number of amides is 2. The molecule has 2 heterocycles. The van der Waals surface area contributed by atoms with Crippen molar-refractivity contribution in [3.05, 3.63) is 22.4 Å². The van der Waals surface area contributed by atoms with Gasteiger partial charge in [-0.2, -0.15) is 0 Å². The molecule has 0 unspecified atom stereocenters. The molecule has 1 aromatic rings. The first kappa shape index (κ1) is 15.9. The molecule has 7 heteroatoms. The van der Waals surface area contributed by atoms with E-state index in [2.05, 4.69) is 10.6 Å². The van der Waals surface area contributed by atoms with E-state index in [1.165, 1.54) is 11.3 Å². The fourth-order valence-electron chi connectivity index (χ4n) is 2.10. The second kappa shape index (κ2) is 7.02. The molecule has 0 aliphatic carbocycles. The molecule has 0 saturated carbocycles. The highest BCUT2D eigenvalue weighted by atomic mass is 32.1. The first-order valence-electron chi connectivity index (χ1n) is 6.93. The van der Waals surface area contributed by atoms with Crippen LogP contribution in [0.1, 0.15) is 24.6 Å². The minimum atomic E-state index is -1.18. The zero-order valence-corrected chi connectivity index (χ0v) is 12.7. The van der Waals surface area contributed by atoms with Crippen molar-refractivity contribution < 1.29 is 19.4 Å². The predicted octanol–water partition coefficient (Wildman–Crippen LogP) is 0.367. The van der Waals surface area contributed by atoms with Gasteiger partial charge in [-0.25, -0.2) is 0 Å². The first-order chi connectivity index (χ1) is 9.99. The summed E-state index contributed by atoms with van der Waals surface area (Å²) in [6, 6.07) is 3.61. The van der Waals surface area contributed by atoms with Crippen LogP contribution in [0.4, 0.5) is 0 Å². The molecule has 0 radical (unpaired) electrons. The second-order valence-corrected chi connectivity index (χ2v) is 6.23. The summed E-state index contributed by atoms with van der Waals surface area (Å²) in [7, 11) is 0. The number of carbonyl (C=O) groups is 2. The Bertz CT molecular complexity index is 481. The molecule has 2 rings (SSSR count). The number of nitrogens with one attached hydrogen (secondary N) is 2. The summed E-state index contributed by atoms with van der Waals surface area (Å²) >= 11 is 1.40. The number of carbonyl (C=O) groups excluding carboxylic acids is 2. The third kappa shape index (κ3) is 4.52. The van der Waals surface area contributed by atoms with Gasteiger partial charge in [0.05, 0.1) is 12.6 Å². The van der Waals surface area contributed by atoms with Crippen molar-refractivity contribution in [1.82, 2.24) is 10.6 Å². The lowest BCUT2D eigenvalue weighted by Gasteiger charge is -2.22. The van der Waals surface area contributed by atoms with E-state index in [0.717, 1.165) is 17.7 Å². The van der Waals surface area contributed by atoms with Crippen LogP contribution in [0.25, 0.3) is 0 Å². The highest BCUT2D eigenvalue weighted by Crippen LogP contribution is 2.24. The number of hydrogen-bond donors (Lipinski definition) is 3. The Morgan fingerprint density at radius 2 is 2.24 bits per heavy atom. The number of thiophene rings is 1. The van der Waals surface area contributed by atoms with Crippen molar-refractivity contribution >= 4 is 23.2 Å². The summed E-state index contributed by atoms with van der Waals surface area (Å²) in [5, 5.41) is 17.1. The van der Waals surface area contributed by atoms with Crippen LogP contribution in [0, 0.1) is 0 Å². The summed E-state index contributed by atoms with van der Waals surface area (Å²) in [5.41, 5.74) is -1.18. The Kier molecular flexibility index (Phi) is 5.33. The van der Waals surface area contributed by atoms with Gasteiger partial charge in [-0.3, -0.25) is 9.59 Å². The van der Waals surface area contributed by atoms with Crippen LogP contribution in [0.5, 0.6) is 0 Å². The Morgan fingerprint density at radius 1 is 1.48 bits per heavy atom. The van der Waals surface area contributed by atoms with E-state index in [1.807, 2.05) is 11.4 Å². The quantitative estimate of drug-likeness (QED) is 0.685. The third-order valence-electron chi connectivity index (χ3n) is 3.37. The van der Waals surface area contributed by atoms with Crippen molar-refractivity contribution in [2.75, 3.05) is 19.7 Å². The van der Waals surface area contributed by atoms with Gasteiger partial charge in [0.1, 0.15) is 5.60 Å². The molecule has 1 aliphatic rings. The van der Waals surface area contributed by atoms with E-state index in [9.17, 15) is 14.7 Å². The van der Waals surface area contributed by atoms with Crippen molar-refractivity contribution in [2.24, 2.45) is 0 Å². The van der Waals surface area contributed by atoms with Crippen molar-refractivity contribution in [1.29, 1.82) is 0 Å². The number of rotatable bonds is 5. The lowest BCUT2D eigenvalue weighted by atomic mass is 10.1. The fourth-order valence-corrected chi connectivity index (χ4v) is 2.88. The van der Waals surface area contributed by atoms with Crippen molar-refractivity contribution in [3.8, 4) is 0 Å². The van der Waals surface area contributed by atoms with Gasteiger partial charge in [-0.1, -0.05) is 6.07 Å². The fraction of sp³-hybridized carbons (Fsp3) is 0.571. The van der Waals surface area contributed by atoms with Gasteiger partial charge in [0, 0.05) is 18.0 Å². The summed E-state index contributed by atoms with van der Waals surface area (Å²) in [5.74, 6) is -1.45. The summed E-state index contributed by atoms with van der Waals surface area (Å²) in [4.78, 5) is 24.1. The molecule has 3 N–H and O–H groups in total. The monoisotopic (exact) mass is 312 g/mol. The molecule has 1 aliphatic heterocycles. The van der Waals surface area contributed by atoms with E-state index in [4.69, 9.17) is 4.74 Å². The van der Waals surface area contributed by atoms with Gasteiger partial charge in [-0.15, -0.1) is 11.3 Å². The zero-order chi connectivity index (χ0) is 15.3. The van der Waals surface area contributed by atoms with Crippen LogP contribution in [0.2, 0.25) is 0 Å². The minimum absolute atomic E-state index is 0.00373. The molecule has 21 heavy (non-hydrogen) atoms. The Morgan fingerprint density at radius 3 is 2.86 bits per heavy atom. The normalized spacial score (nSPS) is 20.8. The van der Waals surface area contributed by atoms with Crippen molar-refractivity contribution in [2.45, 2.75) is 31.5 Å². The van der Waals surface area contributed by atoms with E-state index >= 15 is 0 Å². The lowest BCUT2D eigenvalue weighted by Crippen LogP contribution is -2.46. The minimum Gasteiger partial charge on any atom is -0.383 e. The zero-order valence-electron chi connectivity index (χ0n) is 11.9. The molecule has 1 aromatic heterocycles. The van der Waals surface area contributed by atoms with E-state index in [1.54, 1.807) is 13.0 Å². The van der Waals surface area contributed by atoms with Crippen LogP contribution < -0.4 is 10.6 Å². The van der Waals surface area contributed by atoms with Crippen LogP contribution in [0.15, 0.2) is 17.5 Å². The Labute approximate surface area is 127 Å². The van der Waals surface area contributed by atoms with E-state index < -0.39 is 17.4 Å². The van der Waals surface area contributed by atoms with Crippen molar-refractivity contribution in [3.63, 3.8) is 0 Å². The van der Waals surface area contributed by atoms with Crippen LogP contribution in [0.3, 0.4) is 0 Å². The Hall–Kier alpha value is -1.44. The number of hydrogen-bond acceptors (Lipinski definition) is 5. The molecule has 6 nitrogen and oxygen atoms in total. The molecule has 2 amide bonds. The second-order valence-electron chi connectivity index (χ2n) is 5.28. The molecular formula is C14H20N2O4S. The number of ether oxygens (including phenoxy) is 1. The molecule has 0 bridgehead atoms. The van der Waals surface area contributed by atoms with Gasteiger partial charge >= 0.3 is 11.8 Å². The summed E-state index contributed by atoms with van der Waals surface area (Å²) in [6.45, 7) is 2.63. The molecular weight excluding hydrogens is 292 g/mol. The van der Waals surface area contributed by atoms with E-state index in [-0.39, 0.29) is 12.6 Å². The maximum Gasteiger partial charge on any atom is 0.309 e. The largest absolute Gasteiger partial charge is 0.383 e. The summed E-state index contributed by atoms with van der Waals surface area (Å²) < 4.78 is 5.36. The summed E-state index contributed by atoms with van der Waals surface area (Å²) in [6.07, 6.45) is 1.88. The average Bonchev–Trinajstić information content (AvgIpc) is 3.14. The van der Waals surface area contributed by atoms with Gasteiger partial charge in [-0.05, 0) is 31.2 Å². The lowest BCUT2D eigenvalue weighted by molar-refractivity contribution is -0.140. The van der Waals surface area contributed by atoms with Gasteiger partial charge in [0.2, 0.25) is 0 Å². The van der Waals surface area contributed by atoms with Crippen LogP contribution in [-0.4, -0.2) is 42.7 Å².